The highest BCUT2D eigenvalue weighted by Crippen LogP contribution is 2.78. The predicted molar refractivity (Wildman–Crippen MR) is 299 cm³/mol. The predicted octanol–water partition coefficient (Wildman–Crippen LogP) is 12.6. The van der Waals surface area contributed by atoms with Crippen LogP contribution in [-0.4, -0.2) is 69.9 Å². The first-order chi connectivity index (χ1) is 35.8. The summed E-state index contributed by atoms with van der Waals surface area (Å²) in [5, 5.41) is 43.7. The average molecular weight is 1030 g/mol. The first-order valence-corrected chi connectivity index (χ1v) is 30.7. The van der Waals surface area contributed by atoms with Gasteiger partial charge in [0.2, 0.25) is 0 Å². The van der Waals surface area contributed by atoms with Gasteiger partial charge in [0.25, 0.3) is 0 Å². The summed E-state index contributed by atoms with van der Waals surface area (Å²) in [6.45, 7) is 15.1. The molecular formula is C66H97N3O6. The lowest BCUT2D eigenvalue weighted by Gasteiger charge is -2.72. The van der Waals surface area contributed by atoms with Crippen molar-refractivity contribution in [2.24, 2.45) is 63.1 Å². The number of nitrogens with two attached hydrogens (primary N) is 1. The third kappa shape index (κ3) is 9.15. The Kier molecular flexibility index (Phi) is 14.5. The maximum Gasteiger partial charge on any atom is 0.160 e. The largest absolute Gasteiger partial charge is 0.508 e. The molecule has 2 aromatic rings. The van der Waals surface area contributed by atoms with E-state index < -0.39 is 22.7 Å². The fourth-order valence-corrected chi connectivity index (χ4v) is 20.8. The number of unbranched alkanes of at least 4 members (excludes halogenated alkanes) is 2. The number of hydrogen-bond donors (Lipinski definition) is 6. The number of carbonyl (C=O) groups excluding carboxylic acids is 2. The summed E-state index contributed by atoms with van der Waals surface area (Å²) in [6.07, 6.45) is 22.0. The molecule has 2 saturated heterocycles. The molecule has 5 saturated carbocycles. The third-order valence-corrected chi connectivity index (χ3v) is 23.8. The summed E-state index contributed by atoms with van der Waals surface area (Å²) in [4.78, 5) is 31.8. The number of rotatable bonds is 12. The van der Waals surface area contributed by atoms with E-state index in [2.05, 4.69) is 69.5 Å². The second kappa shape index (κ2) is 20.2. The van der Waals surface area contributed by atoms with Crippen LogP contribution < -0.4 is 16.4 Å². The molecule has 1 spiro atoms. The van der Waals surface area contributed by atoms with E-state index in [1.165, 1.54) is 62.5 Å². The Hall–Kier alpha value is -3.08. The number of aliphatic hydroxyl groups excluding tert-OH is 1. The first kappa shape index (κ1) is 53.9. The Balaban J connectivity index is 1.03. The summed E-state index contributed by atoms with van der Waals surface area (Å²) in [7, 11) is 1.93. The molecule has 2 aliphatic heterocycles. The quantitative estimate of drug-likeness (QED) is 0.0692. The van der Waals surface area contributed by atoms with Crippen LogP contribution >= 0.6 is 0 Å². The molecule has 7 aliphatic carbocycles. The van der Waals surface area contributed by atoms with Crippen molar-refractivity contribution < 1.29 is 29.6 Å². The van der Waals surface area contributed by atoms with E-state index in [4.69, 9.17) is 10.5 Å². The van der Waals surface area contributed by atoms with E-state index in [0.29, 0.717) is 79.9 Å². The number of phenols is 1. The van der Waals surface area contributed by atoms with E-state index in [1.807, 2.05) is 32.2 Å². The van der Waals surface area contributed by atoms with E-state index in [9.17, 15) is 15.3 Å². The number of β-amino-alcohol motifs (C(OH)–C–C–N with tert-alkyl or cyclic N) is 1. The second-order valence-corrected chi connectivity index (χ2v) is 28.4. The molecule has 0 amide bonds. The van der Waals surface area contributed by atoms with Crippen molar-refractivity contribution >= 4 is 17.3 Å². The average Bonchev–Trinajstić information content (AvgIpc) is 3.69. The molecule has 18 atom stereocenters. The van der Waals surface area contributed by atoms with Gasteiger partial charge in [0.05, 0.1) is 17.3 Å². The number of hydrogen-bond acceptors (Lipinski definition) is 9. The van der Waals surface area contributed by atoms with E-state index in [-0.39, 0.29) is 57.8 Å². The fraction of sp³-hybridized carbons (Fsp3) is 0.758. The number of ether oxygens (including phenoxy) is 1. The topological polar surface area (TPSA) is 157 Å². The minimum Gasteiger partial charge on any atom is -0.508 e. The highest BCUT2D eigenvalue weighted by molar-refractivity contribution is 6.01. The number of allylic oxidation sites excluding steroid dienone is 2. The summed E-state index contributed by atoms with van der Waals surface area (Å²) < 4.78 is 6.84. The zero-order valence-corrected chi connectivity index (χ0v) is 47.3. The molecule has 9 heteroatoms. The SMILES string of the molecule is CCCCC[C@@H]1C[C@@H]2CCCC[C@H]2[C@H](C[C@@H](O)[C@H]2O[C@]2(C)[C@@H]2CCC[C@H]2c2cccc(N)c2)C2=C3CC[C@@H]4[C@]5(C)C[C@H](c6cc(O)cc(CNC)c6)C(=O)[C@]6(C)CCCC[C@](C)(O)CN[C@@H](C[C@]4(C1)[C@@]3(C)CC2=O)[C@H]56. The van der Waals surface area contributed by atoms with Gasteiger partial charge >= 0.3 is 0 Å². The molecule has 9 nitrogen and oxygen atoms in total. The molecule has 412 valence electrons. The van der Waals surface area contributed by atoms with Crippen LogP contribution in [0.15, 0.2) is 53.6 Å². The Morgan fingerprint density at radius 3 is 2.48 bits per heavy atom. The lowest BCUT2D eigenvalue weighted by atomic mass is 9.32. The van der Waals surface area contributed by atoms with Gasteiger partial charge in [0.1, 0.15) is 17.6 Å². The smallest absolute Gasteiger partial charge is 0.160 e. The number of ketones is 2. The lowest BCUT2D eigenvalue weighted by molar-refractivity contribution is -0.210. The molecule has 0 unspecified atom stereocenters. The number of benzene rings is 2. The Morgan fingerprint density at radius 1 is 0.893 bits per heavy atom. The molecule has 2 aromatic carbocycles. The van der Waals surface area contributed by atoms with Gasteiger partial charge in [-0.15, -0.1) is 0 Å². The van der Waals surface area contributed by atoms with Gasteiger partial charge in [-0.1, -0.05) is 116 Å². The number of phenolic OH excluding ortho intramolecular Hbond substituents is 1. The minimum absolute atomic E-state index is 0.00861. The number of aliphatic hydroxyl groups is 2. The molecule has 2 heterocycles. The van der Waals surface area contributed by atoms with Crippen LogP contribution in [0.5, 0.6) is 5.75 Å². The van der Waals surface area contributed by atoms with Crippen LogP contribution in [0.4, 0.5) is 5.69 Å². The monoisotopic (exact) mass is 1030 g/mol. The molecule has 7 fully saturated rings. The van der Waals surface area contributed by atoms with Gasteiger partial charge in [-0.2, -0.15) is 0 Å². The summed E-state index contributed by atoms with van der Waals surface area (Å²) in [6, 6.07) is 14.3. The van der Waals surface area contributed by atoms with Gasteiger partial charge in [0.15, 0.2) is 5.78 Å². The molecule has 9 aliphatic rings. The molecule has 0 aromatic heterocycles. The van der Waals surface area contributed by atoms with Crippen molar-refractivity contribution in [2.75, 3.05) is 19.3 Å². The molecule has 11 rings (SSSR count). The van der Waals surface area contributed by atoms with Gasteiger partial charge in [-0.05, 0) is 203 Å². The van der Waals surface area contributed by atoms with Crippen molar-refractivity contribution in [1.29, 1.82) is 0 Å². The van der Waals surface area contributed by atoms with Crippen LogP contribution in [0.2, 0.25) is 0 Å². The number of aromatic hydroxyl groups is 1. The Morgan fingerprint density at radius 2 is 1.69 bits per heavy atom. The molecule has 75 heavy (non-hydrogen) atoms. The van der Waals surface area contributed by atoms with Crippen molar-refractivity contribution in [3.05, 3.63) is 70.3 Å². The van der Waals surface area contributed by atoms with E-state index >= 15 is 9.59 Å². The maximum absolute atomic E-state index is 15.9. The van der Waals surface area contributed by atoms with Gasteiger partial charge in [-0.3, -0.25) is 9.59 Å². The zero-order chi connectivity index (χ0) is 52.9. The highest BCUT2D eigenvalue weighted by Gasteiger charge is 2.74. The summed E-state index contributed by atoms with van der Waals surface area (Å²) >= 11 is 0. The maximum atomic E-state index is 15.9. The number of nitrogen functional groups attached to an aromatic ring is 1. The first-order valence-electron chi connectivity index (χ1n) is 30.7. The van der Waals surface area contributed by atoms with Gasteiger partial charge in [0, 0.05) is 48.0 Å². The van der Waals surface area contributed by atoms with Gasteiger partial charge in [-0.25, -0.2) is 0 Å². The normalized spacial score (nSPS) is 44.1. The standard InChI is InChI=1S/C66H97N3O6/c1-8-9-10-17-40-28-42-18-11-12-21-47(42)49(33-54(71)60-65(6,75-60)51-23-16-22-48(51)43-19-15-20-45(67)31-43)57-52-24-25-56-63(4)35-50(44-29-41(38-68-7)30-46(70)32-44)59(73)62(3)27-14-13-26-61(2,74)39-69-53(58(62)63)36-66(56,34-40)64(52,5)37-55(57)72/h15,19-20,29-32,40,42,47-51,53-54,56,58,60,68-71,74H,8-14,16-18,21-28,33-39,67H2,1-7H3/t40-,42+,47-,48+,49+,50-,51-,53+,54-,56-,58+,60-,61+,62-,63+,64+,65-,66+/m1/s1. The third-order valence-electron chi connectivity index (χ3n) is 23.8. The van der Waals surface area contributed by atoms with Crippen LogP contribution in [0, 0.1) is 63.1 Å². The van der Waals surface area contributed by atoms with Crippen LogP contribution in [0.1, 0.15) is 218 Å². The second-order valence-electron chi connectivity index (χ2n) is 28.4. The minimum atomic E-state index is -0.873. The van der Waals surface area contributed by atoms with Crippen molar-refractivity contribution in [3.8, 4) is 5.75 Å². The molecule has 4 bridgehead atoms. The van der Waals surface area contributed by atoms with Crippen molar-refractivity contribution in [2.45, 2.75) is 237 Å². The number of Topliss-reactive ketones (excluding diaryl/α,β-unsaturated/α-hetero) is 2. The molecular weight excluding hydrogens is 931 g/mol. The summed E-state index contributed by atoms with van der Waals surface area (Å²) in [5.41, 5.74) is 10.0. The number of carbonyl (C=O) groups is 2. The van der Waals surface area contributed by atoms with E-state index in [0.717, 1.165) is 93.0 Å². The number of fused-ring (bicyclic) bond motifs is 2. The summed E-state index contributed by atoms with van der Waals surface area (Å²) in [5.74, 6) is 2.81. The number of epoxide rings is 1. The zero-order valence-electron chi connectivity index (χ0n) is 47.3. The van der Waals surface area contributed by atoms with Crippen LogP contribution in [0.25, 0.3) is 0 Å². The van der Waals surface area contributed by atoms with Crippen LogP contribution in [0.3, 0.4) is 0 Å². The fourth-order valence-electron chi connectivity index (χ4n) is 20.8. The highest BCUT2D eigenvalue weighted by atomic mass is 16.6. The molecule has 0 radical (unpaired) electrons. The lowest BCUT2D eigenvalue weighted by Crippen LogP contribution is -2.71. The molecule has 7 N–H and O–H groups in total. The van der Waals surface area contributed by atoms with Gasteiger partial charge < -0.3 is 36.4 Å². The number of anilines is 1. The van der Waals surface area contributed by atoms with Crippen molar-refractivity contribution in [3.63, 3.8) is 0 Å². The van der Waals surface area contributed by atoms with Crippen LogP contribution in [-0.2, 0) is 20.9 Å². The Bertz CT molecular complexity index is 2500. The van der Waals surface area contributed by atoms with E-state index in [1.54, 1.807) is 0 Å². The number of nitrogens with one attached hydrogen (secondary N) is 2. The Labute approximate surface area is 451 Å². The van der Waals surface area contributed by atoms with Crippen molar-refractivity contribution in [1.82, 2.24) is 10.6 Å².